The highest BCUT2D eigenvalue weighted by Crippen LogP contribution is 2.37. The first-order chi connectivity index (χ1) is 8.72. The van der Waals surface area contributed by atoms with Crippen LogP contribution in [0.3, 0.4) is 0 Å². The summed E-state index contributed by atoms with van der Waals surface area (Å²) in [7, 11) is 0. The van der Waals surface area contributed by atoms with Crippen LogP contribution in [0.1, 0.15) is 32.6 Å². The van der Waals surface area contributed by atoms with Crippen molar-refractivity contribution in [1.29, 1.82) is 0 Å². The van der Waals surface area contributed by atoms with E-state index in [9.17, 15) is 10.1 Å². The number of nitro groups is 1. The molecule has 1 fully saturated rings. The number of nitro benzene ring substituents is 1. The van der Waals surface area contributed by atoms with Crippen LogP contribution in [0.15, 0.2) is 18.2 Å². The Labute approximate surface area is 106 Å². The minimum absolute atomic E-state index is 0.0536. The first-order valence-corrected chi connectivity index (χ1v) is 6.40. The van der Waals surface area contributed by atoms with E-state index in [1.165, 1.54) is 0 Å². The number of anilines is 1. The predicted octanol–water partition coefficient (Wildman–Crippen LogP) is 3.35. The second-order valence-corrected chi connectivity index (χ2v) is 4.51. The molecule has 0 spiro atoms. The number of nitrogens with one attached hydrogen (secondary N) is 1. The molecule has 1 aromatic carbocycles. The second-order valence-electron chi connectivity index (χ2n) is 4.51. The van der Waals surface area contributed by atoms with E-state index in [0.717, 1.165) is 25.7 Å². The molecule has 1 aliphatic rings. The Hall–Kier alpha value is -1.78. The van der Waals surface area contributed by atoms with Gasteiger partial charge in [0.1, 0.15) is 5.69 Å². The van der Waals surface area contributed by atoms with Gasteiger partial charge in [-0.05, 0) is 37.8 Å². The summed E-state index contributed by atoms with van der Waals surface area (Å²) in [6.45, 7) is 2.74. The number of rotatable bonds is 6. The lowest BCUT2D eigenvalue weighted by Gasteiger charge is -2.26. The van der Waals surface area contributed by atoms with Crippen LogP contribution in [0.5, 0.6) is 5.75 Å². The van der Waals surface area contributed by atoms with Gasteiger partial charge in [0.05, 0.1) is 11.0 Å². The van der Waals surface area contributed by atoms with Crippen LogP contribution in [0.25, 0.3) is 0 Å². The summed E-state index contributed by atoms with van der Waals surface area (Å²) in [5, 5.41) is 14.3. The van der Waals surface area contributed by atoms with E-state index in [1.807, 2.05) is 6.92 Å². The zero-order valence-electron chi connectivity index (χ0n) is 10.5. The van der Waals surface area contributed by atoms with Crippen LogP contribution in [0, 0.1) is 10.1 Å². The van der Waals surface area contributed by atoms with Crippen LogP contribution >= 0.6 is 0 Å². The van der Waals surface area contributed by atoms with Crippen LogP contribution in [-0.4, -0.2) is 17.6 Å². The van der Waals surface area contributed by atoms with E-state index in [0.29, 0.717) is 18.0 Å². The topological polar surface area (TPSA) is 64.4 Å². The van der Waals surface area contributed by atoms with Gasteiger partial charge in [0.25, 0.3) is 0 Å². The third-order valence-corrected chi connectivity index (χ3v) is 3.09. The molecule has 0 saturated heterocycles. The normalized spacial score (nSPS) is 14.9. The van der Waals surface area contributed by atoms with Crippen LogP contribution in [0.2, 0.25) is 0 Å². The minimum atomic E-state index is -0.369. The highest BCUT2D eigenvalue weighted by atomic mass is 16.6. The van der Waals surface area contributed by atoms with Gasteiger partial charge in [0, 0.05) is 6.54 Å². The molecular formula is C13H18N2O3. The van der Waals surface area contributed by atoms with Gasteiger partial charge in [0.15, 0.2) is 5.75 Å². The van der Waals surface area contributed by atoms with Crippen molar-refractivity contribution in [2.75, 3.05) is 11.9 Å². The van der Waals surface area contributed by atoms with Gasteiger partial charge >= 0.3 is 5.69 Å². The molecule has 1 saturated carbocycles. The molecule has 18 heavy (non-hydrogen) atoms. The summed E-state index contributed by atoms with van der Waals surface area (Å²) in [5.41, 5.74) is 0.594. The lowest BCUT2D eigenvalue weighted by molar-refractivity contribution is -0.385. The summed E-state index contributed by atoms with van der Waals surface area (Å²) in [6.07, 6.45) is 4.19. The molecule has 0 heterocycles. The molecule has 0 atom stereocenters. The predicted molar refractivity (Wildman–Crippen MR) is 70.1 cm³/mol. The fourth-order valence-electron chi connectivity index (χ4n) is 1.88. The van der Waals surface area contributed by atoms with Crippen molar-refractivity contribution in [1.82, 2.24) is 0 Å². The summed E-state index contributed by atoms with van der Waals surface area (Å²) in [4.78, 5) is 10.8. The van der Waals surface area contributed by atoms with E-state index in [-0.39, 0.29) is 16.7 Å². The zero-order valence-corrected chi connectivity index (χ0v) is 10.5. The molecule has 1 aromatic rings. The van der Waals surface area contributed by atoms with Crippen molar-refractivity contribution in [3.8, 4) is 5.75 Å². The fourth-order valence-corrected chi connectivity index (χ4v) is 1.88. The molecule has 1 aliphatic carbocycles. The van der Waals surface area contributed by atoms with Gasteiger partial charge in [0.2, 0.25) is 0 Å². The van der Waals surface area contributed by atoms with Gasteiger partial charge in [-0.1, -0.05) is 13.0 Å². The average molecular weight is 250 g/mol. The third-order valence-electron chi connectivity index (χ3n) is 3.09. The monoisotopic (exact) mass is 250 g/mol. The zero-order chi connectivity index (χ0) is 13.0. The summed E-state index contributed by atoms with van der Waals surface area (Å²) in [6, 6.07) is 5.19. The lowest BCUT2D eigenvalue weighted by Crippen LogP contribution is -2.25. The van der Waals surface area contributed by atoms with E-state index < -0.39 is 0 Å². The van der Waals surface area contributed by atoms with Crippen molar-refractivity contribution in [2.24, 2.45) is 0 Å². The van der Waals surface area contributed by atoms with Gasteiger partial charge in [-0.2, -0.15) is 0 Å². The maximum absolute atomic E-state index is 11.2. The molecule has 1 N–H and O–H groups in total. The smallest absolute Gasteiger partial charge is 0.333 e. The maximum Gasteiger partial charge on any atom is 0.333 e. The van der Waals surface area contributed by atoms with Crippen molar-refractivity contribution >= 4 is 11.4 Å². The SMILES string of the molecule is CCCNc1cccc(OC2CCC2)c1[N+](=O)[O-]. The Morgan fingerprint density at radius 1 is 1.50 bits per heavy atom. The molecule has 2 rings (SSSR count). The number of hydrogen-bond donors (Lipinski definition) is 1. The maximum atomic E-state index is 11.2. The van der Waals surface area contributed by atoms with Gasteiger partial charge in [-0.25, -0.2) is 0 Å². The van der Waals surface area contributed by atoms with Crippen molar-refractivity contribution in [3.05, 3.63) is 28.3 Å². The standard InChI is InChI=1S/C13H18N2O3/c1-2-9-14-11-7-4-8-12(13(11)15(16)17)18-10-5-3-6-10/h4,7-8,10,14H,2-3,5-6,9H2,1H3. The van der Waals surface area contributed by atoms with E-state index in [2.05, 4.69) is 5.32 Å². The first kappa shape index (κ1) is 12.7. The number of ether oxygens (including phenoxy) is 1. The van der Waals surface area contributed by atoms with E-state index in [1.54, 1.807) is 18.2 Å². The van der Waals surface area contributed by atoms with Gasteiger partial charge in [-0.3, -0.25) is 10.1 Å². The quantitative estimate of drug-likeness (QED) is 0.621. The van der Waals surface area contributed by atoms with Crippen molar-refractivity contribution in [2.45, 2.75) is 38.7 Å². The van der Waals surface area contributed by atoms with Crippen molar-refractivity contribution < 1.29 is 9.66 Å². The molecule has 5 heteroatoms. The van der Waals surface area contributed by atoms with Crippen molar-refractivity contribution in [3.63, 3.8) is 0 Å². The molecule has 0 radical (unpaired) electrons. The Morgan fingerprint density at radius 2 is 2.28 bits per heavy atom. The number of benzene rings is 1. The van der Waals surface area contributed by atoms with Crippen LogP contribution < -0.4 is 10.1 Å². The summed E-state index contributed by atoms with van der Waals surface area (Å²) >= 11 is 0. The lowest BCUT2D eigenvalue weighted by atomic mass is 9.96. The molecule has 0 amide bonds. The Balaban J connectivity index is 2.23. The van der Waals surface area contributed by atoms with Crippen LogP contribution in [-0.2, 0) is 0 Å². The number of nitrogens with zero attached hydrogens (tertiary/aromatic N) is 1. The molecule has 98 valence electrons. The first-order valence-electron chi connectivity index (χ1n) is 6.40. The molecule has 0 bridgehead atoms. The summed E-state index contributed by atoms with van der Waals surface area (Å²) in [5.74, 6) is 0.380. The minimum Gasteiger partial charge on any atom is -0.483 e. The van der Waals surface area contributed by atoms with E-state index in [4.69, 9.17) is 4.74 Å². The second kappa shape index (κ2) is 5.71. The molecule has 0 aromatic heterocycles. The number of hydrogen-bond acceptors (Lipinski definition) is 4. The van der Waals surface area contributed by atoms with Crippen LogP contribution in [0.4, 0.5) is 11.4 Å². The average Bonchev–Trinajstić information content (AvgIpc) is 2.30. The molecule has 0 aliphatic heterocycles. The summed E-state index contributed by atoms with van der Waals surface area (Å²) < 4.78 is 5.68. The van der Waals surface area contributed by atoms with Gasteiger partial charge in [-0.15, -0.1) is 0 Å². The molecule has 0 unspecified atom stereocenters. The Kier molecular flexibility index (Phi) is 4.02. The highest BCUT2D eigenvalue weighted by Gasteiger charge is 2.26. The highest BCUT2D eigenvalue weighted by molar-refractivity contribution is 5.68. The van der Waals surface area contributed by atoms with E-state index >= 15 is 0 Å². The fraction of sp³-hybridized carbons (Fsp3) is 0.538. The Bertz CT molecular complexity index is 430. The molecular weight excluding hydrogens is 232 g/mol. The van der Waals surface area contributed by atoms with Gasteiger partial charge < -0.3 is 10.1 Å². The number of para-hydroxylation sites is 1. The molecule has 5 nitrogen and oxygen atoms in total. The largest absolute Gasteiger partial charge is 0.483 e. The Morgan fingerprint density at radius 3 is 2.83 bits per heavy atom. The third kappa shape index (κ3) is 2.72.